The van der Waals surface area contributed by atoms with Crippen LogP contribution in [0.3, 0.4) is 0 Å². The van der Waals surface area contributed by atoms with Gasteiger partial charge in [-0.25, -0.2) is 0 Å². The second-order valence-electron chi connectivity index (χ2n) is 2.53. The molecule has 3 heteroatoms. The molecule has 1 rings (SSSR count). The summed E-state index contributed by atoms with van der Waals surface area (Å²) in [4.78, 5) is 10.8. The minimum atomic E-state index is -0.436. The number of hydrogen-bond donors (Lipinski definition) is 2. The maximum Gasteiger partial charge on any atom is 0.248 e. The lowest BCUT2D eigenvalue weighted by Gasteiger charge is -2.04. The highest BCUT2D eigenvalue weighted by molar-refractivity contribution is 5.94. The summed E-state index contributed by atoms with van der Waals surface area (Å²) in [7, 11) is 0. The first-order valence-corrected chi connectivity index (χ1v) is 3.62. The Morgan fingerprint density at radius 2 is 2.17 bits per heavy atom. The molecule has 0 bridgehead atoms. The van der Waals surface area contributed by atoms with Gasteiger partial charge in [-0.2, -0.15) is 0 Å². The molecule has 0 fully saturated rings. The first-order valence-electron chi connectivity index (χ1n) is 3.62. The second kappa shape index (κ2) is 3.26. The van der Waals surface area contributed by atoms with Crippen LogP contribution >= 0.6 is 0 Å². The third-order valence-corrected chi connectivity index (χ3v) is 1.66. The number of anilines is 1. The average molecular weight is 163 g/mol. The van der Waals surface area contributed by atoms with Crippen molar-refractivity contribution < 1.29 is 4.79 Å². The Kier molecular flexibility index (Phi) is 2.33. The summed E-state index contributed by atoms with van der Waals surface area (Å²) in [6.45, 7) is 3.68. The van der Waals surface area contributed by atoms with E-state index in [4.69, 9.17) is 11.5 Å². The van der Waals surface area contributed by atoms with Crippen molar-refractivity contribution in [2.24, 2.45) is 5.73 Å². The molecule has 0 spiro atoms. The van der Waals surface area contributed by atoms with E-state index in [1.165, 1.54) is 0 Å². The molecule has 1 amide bonds. The lowest BCUT2D eigenvalue weighted by atomic mass is 10.0. The molecule has 63 valence electrons. The number of amides is 1. The fourth-order valence-electron chi connectivity index (χ4n) is 1.06. The van der Waals surface area contributed by atoms with Crippen LogP contribution in [0.2, 0.25) is 0 Å². The van der Waals surface area contributed by atoms with Gasteiger partial charge in [0.1, 0.15) is 0 Å². The van der Waals surface area contributed by atoms with E-state index in [1.54, 1.807) is 18.2 Å². The monoisotopic (exact) mass is 163 g/mol. The van der Waals surface area contributed by atoms with Crippen LogP contribution in [0.4, 0.5) is 5.69 Å². The Labute approximate surface area is 71.4 Å². The Bertz CT molecular complexity index is 307. The number of nitrogen functional groups attached to an aromatic ring is 1. The fourth-order valence-corrected chi connectivity index (χ4v) is 1.06. The molecular weight excluding hydrogens is 152 g/mol. The van der Waals surface area contributed by atoms with E-state index >= 15 is 0 Å². The van der Waals surface area contributed by atoms with Gasteiger partial charge in [0.05, 0.1) is 0 Å². The molecule has 12 heavy (non-hydrogen) atoms. The van der Waals surface area contributed by atoms with Gasteiger partial charge in [-0.05, 0) is 37.1 Å². The number of benzene rings is 1. The summed E-state index contributed by atoms with van der Waals surface area (Å²) in [5.41, 5.74) is 12.6. The van der Waals surface area contributed by atoms with E-state index in [2.05, 4.69) is 6.92 Å². The number of carbonyl (C=O) groups is 1. The smallest absolute Gasteiger partial charge is 0.248 e. The molecule has 1 radical (unpaired) electrons. The third-order valence-electron chi connectivity index (χ3n) is 1.66. The maximum absolute atomic E-state index is 10.8. The minimum Gasteiger partial charge on any atom is -0.399 e. The molecule has 0 aliphatic heterocycles. The molecule has 4 N–H and O–H groups in total. The van der Waals surface area contributed by atoms with Crippen molar-refractivity contribution in [1.29, 1.82) is 0 Å². The predicted molar refractivity (Wildman–Crippen MR) is 48.4 cm³/mol. The minimum absolute atomic E-state index is 0.436. The van der Waals surface area contributed by atoms with Crippen LogP contribution in [-0.4, -0.2) is 5.91 Å². The van der Waals surface area contributed by atoms with Crippen molar-refractivity contribution in [3.05, 3.63) is 36.2 Å². The highest BCUT2D eigenvalue weighted by Crippen LogP contribution is 2.13. The van der Waals surface area contributed by atoms with Crippen molar-refractivity contribution in [2.75, 3.05) is 5.73 Å². The lowest BCUT2D eigenvalue weighted by molar-refractivity contribution is 0.0999. The number of hydrogen-bond acceptors (Lipinski definition) is 2. The van der Waals surface area contributed by atoms with Crippen molar-refractivity contribution >= 4 is 11.6 Å². The van der Waals surface area contributed by atoms with Crippen molar-refractivity contribution in [2.45, 2.75) is 6.42 Å². The van der Waals surface area contributed by atoms with Crippen LogP contribution in [0.15, 0.2) is 18.2 Å². The van der Waals surface area contributed by atoms with Gasteiger partial charge in [-0.15, -0.1) is 0 Å². The summed E-state index contributed by atoms with van der Waals surface area (Å²) < 4.78 is 0. The van der Waals surface area contributed by atoms with Gasteiger partial charge >= 0.3 is 0 Å². The summed E-state index contributed by atoms with van der Waals surface area (Å²) >= 11 is 0. The third kappa shape index (κ3) is 1.56. The van der Waals surface area contributed by atoms with Gasteiger partial charge in [-0.1, -0.05) is 0 Å². The molecule has 0 heterocycles. The van der Waals surface area contributed by atoms with Crippen LogP contribution in [-0.2, 0) is 6.42 Å². The fraction of sp³-hybridized carbons (Fsp3) is 0.111. The predicted octanol–water partition coefficient (Wildman–Crippen LogP) is 0.744. The first kappa shape index (κ1) is 8.59. The van der Waals surface area contributed by atoms with Gasteiger partial charge in [-0.3, -0.25) is 4.79 Å². The van der Waals surface area contributed by atoms with Crippen molar-refractivity contribution in [3.63, 3.8) is 0 Å². The summed E-state index contributed by atoms with van der Waals surface area (Å²) in [5.74, 6) is -0.436. The molecule has 0 aliphatic carbocycles. The number of carbonyl (C=O) groups excluding carboxylic acids is 1. The van der Waals surface area contributed by atoms with E-state index in [9.17, 15) is 4.79 Å². The van der Waals surface area contributed by atoms with E-state index < -0.39 is 5.91 Å². The van der Waals surface area contributed by atoms with Gasteiger partial charge in [0.25, 0.3) is 0 Å². The molecule has 0 aromatic heterocycles. The lowest BCUT2D eigenvalue weighted by Crippen LogP contribution is -2.13. The summed E-state index contributed by atoms with van der Waals surface area (Å²) in [5, 5.41) is 0. The number of nitrogens with two attached hydrogens (primary N) is 2. The quantitative estimate of drug-likeness (QED) is 0.631. The Hall–Kier alpha value is -1.51. The van der Waals surface area contributed by atoms with Crippen LogP contribution in [0.1, 0.15) is 15.9 Å². The number of rotatable bonds is 2. The zero-order chi connectivity index (χ0) is 9.14. The van der Waals surface area contributed by atoms with E-state index in [0.717, 1.165) is 5.56 Å². The molecule has 1 aromatic carbocycles. The zero-order valence-corrected chi connectivity index (χ0v) is 6.71. The first-order chi connectivity index (χ1) is 5.65. The molecule has 3 nitrogen and oxygen atoms in total. The van der Waals surface area contributed by atoms with Gasteiger partial charge in [0, 0.05) is 11.3 Å². The standard InChI is InChI=1S/C9H11N2O/c1-2-6-5-7(10)3-4-8(6)9(11)12/h3-5H,1-2,10H2,(H2,11,12). The van der Waals surface area contributed by atoms with Gasteiger partial charge in [0.15, 0.2) is 0 Å². The van der Waals surface area contributed by atoms with E-state index in [1.807, 2.05) is 0 Å². The molecule has 0 unspecified atom stereocenters. The SMILES string of the molecule is [CH2]Cc1cc(N)ccc1C(N)=O. The second-order valence-corrected chi connectivity index (χ2v) is 2.53. The van der Waals surface area contributed by atoms with Crippen LogP contribution in [0.25, 0.3) is 0 Å². The topological polar surface area (TPSA) is 69.1 Å². The molecule has 0 saturated heterocycles. The largest absolute Gasteiger partial charge is 0.399 e. The molecule has 0 aliphatic rings. The van der Waals surface area contributed by atoms with Crippen molar-refractivity contribution in [3.8, 4) is 0 Å². The van der Waals surface area contributed by atoms with Crippen molar-refractivity contribution in [1.82, 2.24) is 0 Å². The van der Waals surface area contributed by atoms with E-state index in [0.29, 0.717) is 17.7 Å². The zero-order valence-electron chi connectivity index (χ0n) is 6.71. The maximum atomic E-state index is 10.8. The van der Waals surface area contributed by atoms with Gasteiger partial charge < -0.3 is 11.5 Å². The molecular formula is C9H11N2O. The normalized spacial score (nSPS) is 9.75. The average Bonchev–Trinajstić information content (AvgIpc) is 2.03. The highest BCUT2D eigenvalue weighted by atomic mass is 16.1. The molecule has 0 atom stereocenters. The number of primary amides is 1. The van der Waals surface area contributed by atoms with Gasteiger partial charge in [0.2, 0.25) is 5.91 Å². The Balaban J connectivity index is 3.20. The van der Waals surface area contributed by atoms with E-state index in [-0.39, 0.29) is 0 Å². The van der Waals surface area contributed by atoms with Crippen LogP contribution in [0.5, 0.6) is 0 Å². The summed E-state index contributed by atoms with van der Waals surface area (Å²) in [6, 6.07) is 4.99. The molecule has 1 aromatic rings. The Morgan fingerprint density at radius 3 is 2.67 bits per heavy atom. The van der Waals surface area contributed by atoms with Crippen LogP contribution in [0, 0.1) is 6.92 Å². The summed E-state index contributed by atoms with van der Waals surface area (Å²) in [6.07, 6.45) is 0.517. The molecule has 0 saturated carbocycles. The Morgan fingerprint density at radius 1 is 1.50 bits per heavy atom. The van der Waals surface area contributed by atoms with Crippen LogP contribution < -0.4 is 11.5 Å². The highest BCUT2D eigenvalue weighted by Gasteiger charge is 2.05.